The van der Waals surface area contributed by atoms with Crippen LogP contribution in [0.2, 0.25) is 0 Å². The van der Waals surface area contributed by atoms with Gasteiger partial charge in [-0.15, -0.1) is 0 Å². The van der Waals surface area contributed by atoms with E-state index in [0.717, 1.165) is 12.8 Å². The molecule has 2 aliphatic heterocycles. The fraction of sp³-hybridized carbons (Fsp3) is 0.846. The molecule has 2 fully saturated rings. The molecule has 2 saturated heterocycles. The van der Waals surface area contributed by atoms with Gasteiger partial charge in [0.25, 0.3) is 0 Å². The van der Waals surface area contributed by atoms with Crippen LogP contribution in [0.5, 0.6) is 0 Å². The molecule has 0 unspecified atom stereocenters. The van der Waals surface area contributed by atoms with Crippen molar-refractivity contribution in [2.24, 2.45) is 5.92 Å². The minimum atomic E-state index is -4.45. The van der Waals surface area contributed by atoms with Gasteiger partial charge in [0.1, 0.15) is 12.0 Å². The number of piperidine rings is 2. The number of likely N-dealkylation sites (N-methyl/N-ethyl adjacent to an activating group) is 1. The summed E-state index contributed by atoms with van der Waals surface area (Å²) in [6.07, 6.45) is -2.96. The van der Waals surface area contributed by atoms with E-state index in [0.29, 0.717) is 13.1 Å². The van der Waals surface area contributed by atoms with E-state index in [4.69, 9.17) is 0 Å². The molecule has 8 heteroatoms. The van der Waals surface area contributed by atoms with Crippen molar-refractivity contribution in [1.29, 1.82) is 0 Å². The van der Waals surface area contributed by atoms with E-state index in [1.807, 2.05) is 5.32 Å². The fourth-order valence-corrected chi connectivity index (χ4v) is 2.92. The summed E-state index contributed by atoms with van der Waals surface area (Å²) >= 11 is 0. The lowest BCUT2D eigenvalue weighted by atomic mass is 9.91. The largest absolute Gasteiger partial charge is 0.408 e. The number of amides is 2. The molecule has 0 aromatic heterocycles. The summed E-state index contributed by atoms with van der Waals surface area (Å²) in [5.41, 5.74) is 0. The number of alkyl halides is 3. The van der Waals surface area contributed by atoms with E-state index in [-0.39, 0.29) is 24.8 Å². The Labute approximate surface area is 121 Å². The average Bonchev–Trinajstić information content (AvgIpc) is 2.45. The Morgan fingerprint density at radius 3 is 2.62 bits per heavy atom. The smallest absolute Gasteiger partial charge is 0.344 e. The second-order valence-corrected chi connectivity index (χ2v) is 5.64. The molecule has 2 amide bonds. The zero-order valence-electron chi connectivity index (χ0n) is 11.9. The van der Waals surface area contributed by atoms with Gasteiger partial charge < -0.3 is 15.5 Å². The van der Waals surface area contributed by atoms with Gasteiger partial charge in [-0.3, -0.25) is 9.59 Å². The van der Waals surface area contributed by atoms with Gasteiger partial charge in [0.05, 0.1) is 0 Å². The summed E-state index contributed by atoms with van der Waals surface area (Å²) in [5, 5.41) is 5.01. The highest BCUT2D eigenvalue weighted by Gasteiger charge is 2.46. The number of likely N-dealkylation sites (tertiary alicyclic amines) is 1. The van der Waals surface area contributed by atoms with E-state index in [9.17, 15) is 22.8 Å². The van der Waals surface area contributed by atoms with E-state index in [2.05, 4.69) is 5.32 Å². The molecule has 0 bridgehead atoms. The molecule has 2 aliphatic rings. The second kappa shape index (κ2) is 6.21. The maximum Gasteiger partial charge on any atom is 0.408 e. The Balaban J connectivity index is 1.96. The number of hydrogen-bond acceptors (Lipinski definition) is 3. The summed E-state index contributed by atoms with van der Waals surface area (Å²) in [6.45, 7) is 1.06. The first-order valence-electron chi connectivity index (χ1n) is 7.16. The Morgan fingerprint density at radius 1 is 1.33 bits per heavy atom. The van der Waals surface area contributed by atoms with Crippen molar-refractivity contribution in [3.8, 4) is 0 Å². The Bertz CT molecular complexity index is 414. The van der Waals surface area contributed by atoms with Crippen LogP contribution in [-0.2, 0) is 9.59 Å². The normalized spacial score (nSPS) is 31.0. The van der Waals surface area contributed by atoms with Crippen molar-refractivity contribution in [2.45, 2.75) is 43.9 Å². The van der Waals surface area contributed by atoms with E-state index < -0.39 is 24.0 Å². The molecule has 0 aliphatic carbocycles. The lowest BCUT2D eigenvalue weighted by molar-refractivity contribution is -0.172. The molecular weight excluding hydrogens is 287 g/mol. The van der Waals surface area contributed by atoms with Crippen molar-refractivity contribution in [3.05, 3.63) is 0 Å². The highest BCUT2D eigenvalue weighted by Crippen LogP contribution is 2.29. The van der Waals surface area contributed by atoms with Gasteiger partial charge in [-0.1, -0.05) is 0 Å². The molecule has 2 rings (SSSR count). The number of carbonyl (C=O) groups excluding carboxylic acids is 2. The van der Waals surface area contributed by atoms with Gasteiger partial charge in [0.2, 0.25) is 11.8 Å². The quantitative estimate of drug-likeness (QED) is 0.737. The minimum Gasteiger partial charge on any atom is -0.344 e. The lowest BCUT2D eigenvalue weighted by Gasteiger charge is -2.36. The van der Waals surface area contributed by atoms with Crippen LogP contribution in [0.25, 0.3) is 0 Å². The summed E-state index contributed by atoms with van der Waals surface area (Å²) in [5.74, 6) is -2.15. The number of halogens is 3. The number of hydrogen-bond donors (Lipinski definition) is 2. The number of carbonyl (C=O) groups is 2. The molecule has 5 nitrogen and oxygen atoms in total. The standard InChI is InChI=1S/C13H20F3N3O2/c1-17-8-3-2-6-19(7-8)12(21)9-4-5-10(13(14,15)16)18-11(9)20/h8-10,17H,2-7H2,1H3,(H,18,20)/t8-,9+,10+/m1/s1. The third-order valence-electron chi connectivity index (χ3n) is 4.21. The Morgan fingerprint density at radius 2 is 2.05 bits per heavy atom. The van der Waals surface area contributed by atoms with Crippen LogP contribution in [0.3, 0.4) is 0 Å². The molecule has 21 heavy (non-hydrogen) atoms. The van der Waals surface area contributed by atoms with Gasteiger partial charge in [0, 0.05) is 19.1 Å². The van der Waals surface area contributed by atoms with Crippen molar-refractivity contribution in [2.75, 3.05) is 20.1 Å². The number of nitrogens with zero attached hydrogens (tertiary/aromatic N) is 1. The van der Waals surface area contributed by atoms with Gasteiger partial charge in [-0.05, 0) is 32.7 Å². The topological polar surface area (TPSA) is 61.4 Å². The van der Waals surface area contributed by atoms with Crippen LogP contribution in [0.4, 0.5) is 13.2 Å². The zero-order valence-corrected chi connectivity index (χ0v) is 11.9. The summed E-state index contributed by atoms with van der Waals surface area (Å²) in [4.78, 5) is 25.7. The van der Waals surface area contributed by atoms with Gasteiger partial charge in [-0.2, -0.15) is 13.2 Å². The van der Waals surface area contributed by atoms with Gasteiger partial charge >= 0.3 is 6.18 Å². The van der Waals surface area contributed by atoms with Crippen molar-refractivity contribution >= 4 is 11.8 Å². The summed E-state index contributed by atoms with van der Waals surface area (Å²) in [6, 6.07) is -1.65. The third-order valence-corrected chi connectivity index (χ3v) is 4.21. The molecule has 0 saturated carbocycles. The first-order valence-corrected chi connectivity index (χ1v) is 7.16. The van der Waals surface area contributed by atoms with Crippen LogP contribution in [0.15, 0.2) is 0 Å². The van der Waals surface area contributed by atoms with Gasteiger partial charge in [0.15, 0.2) is 0 Å². The maximum absolute atomic E-state index is 12.6. The second-order valence-electron chi connectivity index (χ2n) is 5.64. The van der Waals surface area contributed by atoms with Crippen LogP contribution < -0.4 is 10.6 Å². The van der Waals surface area contributed by atoms with E-state index in [1.54, 1.807) is 11.9 Å². The highest BCUT2D eigenvalue weighted by molar-refractivity contribution is 6.01. The monoisotopic (exact) mass is 307 g/mol. The molecule has 2 heterocycles. The molecule has 0 radical (unpaired) electrons. The molecule has 3 atom stereocenters. The number of rotatable bonds is 2. The van der Waals surface area contributed by atoms with Gasteiger partial charge in [-0.25, -0.2) is 0 Å². The van der Waals surface area contributed by atoms with Crippen molar-refractivity contribution in [1.82, 2.24) is 15.5 Å². The first kappa shape index (κ1) is 16.1. The van der Waals surface area contributed by atoms with Crippen molar-refractivity contribution < 1.29 is 22.8 Å². The lowest BCUT2D eigenvalue weighted by Crippen LogP contribution is -2.56. The Hall–Kier alpha value is -1.31. The van der Waals surface area contributed by atoms with Crippen molar-refractivity contribution in [3.63, 3.8) is 0 Å². The maximum atomic E-state index is 12.6. The summed E-state index contributed by atoms with van der Waals surface area (Å²) in [7, 11) is 1.81. The molecule has 0 spiro atoms. The molecule has 0 aromatic carbocycles. The highest BCUT2D eigenvalue weighted by atomic mass is 19.4. The van der Waals surface area contributed by atoms with E-state index >= 15 is 0 Å². The fourth-order valence-electron chi connectivity index (χ4n) is 2.92. The minimum absolute atomic E-state index is 0.0461. The molecule has 2 N–H and O–H groups in total. The Kier molecular flexibility index (Phi) is 4.75. The first-order chi connectivity index (χ1) is 9.82. The zero-order chi connectivity index (χ0) is 15.6. The van der Waals surface area contributed by atoms with E-state index in [1.165, 1.54) is 0 Å². The predicted octanol–water partition coefficient (Wildman–Crippen LogP) is 0.654. The van der Waals surface area contributed by atoms with Crippen LogP contribution in [0.1, 0.15) is 25.7 Å². The average molecular weight is 307 g/mol. The number of nitrogens with one attached hydrogen (secondary N) is 2. The van der Waals surface area contributed by atoms with Crippen LogP contribution >= 0.6 is 0 Å². The molecular formula is C13H20F3N3O2. The molecule has 0 aromatic rings. The summed E-state index contributed by atoms with van der Waals surface area (Å²) < 4.78 is 37.7. The molecule has 120 valence electrons. The predicted molar refractivity (Wildman–Crippen MR) is 69.4 cm³/mol. The van der Waals surface area contributed by atoms with Crippen LogP contribution in [0, 0.1) is 5.92 Å². The van der Waals surface area contributed by atoms with Crippen LogP contribution in [-0.4, -0.2) is 55.1 Å². The SMILES string of the molecule is CN[C@@H]1CCCN(C(=O)[C@H]2CC[C@@H](C(F)(F)F)NC2=O)C1. The third kappa shape index (κ3) is 3.66.